The zero-order valence-corrected chi connectivity index (χ0v) is 12.7. The Kier molecular flexibility index (Phi) is 4.61. The first-order valence-corrected chi connectivity index (χ1v) is 6.94. The predicted molar refractivity (Wildman–Crippen MR) is 78.6 cm³/mol. The second-order valence-electron chi connectivity index (χ2n) is 3.99. The lowest BCUT2D eigenvalue weighted by atomic mass is 10.0. The molecule has 0 unspecified atom stereocenters. The van der Waals surface area contributed by atoms with Gasteiger partial charge < -0.3 is 0 Å². The molecule has 5 heteroatoms. The van der Waals surface area contributed by atoms with E-state index in [9.17, 15) is 9.18 Å². The van der Waals surface area contributed by atoms with Crippen molar-refractivity contribution in [3.63, 3.8) is 0 Å². The molecule has 0 radical (unpaired) electrons. The first-order valence-electron chi connectivity index (χ1n) is 5.39. The number of ketones is 1. The fourth-order valence-electron chi connectivity index (χ4n) is 1.67. The minimum Gasteiger partial charge on any atom is -0.294 e. The van der Waals surface area contributed by atoms with Crippen molar-refractivity contribution in [2.24, 2.45) is 0 Å². The second-order valence-corrected chi connectivity index (χ2v) is 5.78. The largest absolute Gasteiger partial charge is 0.294 e. The van der Waals surface area contributed by atoms with Gasteiger partial charge >= 0.3 is 0 Å². The predicted octanol–water partition coefficient (Wildman–Crippen LogP) is 5.32. The van der Waals surface area contributed by atoms with Gasteiger partial charge in [0.15, 0.2) is 5.78 Å². The van der Waals surface area contributed by atoms with Crippen LogP contribution < -0.4 is 0 Å². The molecule has 0 spiro atoms. The number of carbonyl (C=O) groups is 1. The molecule has 0 aliphatic rings. The van der Waals surface area contributed by atoms with Crippen molar-refractivity contribution >= 4 is 44.9 Å². The van der Waals surface area contributed by atoms with Crippen LogP contribution in [0.15, 0.2) is 40.9 Å². The van der Waals surface area contributed by atoms with Gasteiger partial charge in [0.05, 0.1) is 0 Å². The fourth-order valence-corrected chi connectivity index (χ4v) is 2.60. The van der Waals surface area contributed by atoms with Crippen molar-refractivity contribution in [2.45, 2.75) is 6.42 Å². The average Bonchev–Trinajstić information content (AvgIpc) is 2.32. The summed E-state index contributed by atoms with van der Waals surface area (Å²) in [6.45, 7) is 0. The smallest absolute Gasteiger partial charge is 0.167 e. The molecule has 2 aromatic rings. The molecule has 2 rings (SSSR count). The number of hydrogen-bond acceptors (Lipinski definition) is 1. The number of benzene rings is 2. The highest BCUT2D eigenvalue weighted by Crippen LogP contribution is 2.22. The zero-order valence-electron chi connectivity index (χ0n) is 9.59. The van der Waals surface area contributed by atoms with E-state index in [0.717, 1.165) is 4.47 Å². The minimum atomic E-state index is -0.412. The van der Waals surface area contributed by atoms with Crippen LogP contribution in [0.5, 0.6) is 0 Å². The highest BCUT2D eigenvalue weighted by molar-refractivity contribution is 9.10. The van der Waals surface area contributed by atoms with Gasteiger partial charge in [-0.05, 0) is 42.0 Å². The summed E-state index contributed by atoms with van der Waals surface area (Å²) < 4.78 is 14.3. The molecular weight excluding hydrogens is 354 g/mol. The van der Waals surface area contributed by atoms with E-state index in [0.29, 0.717) is 21.2 Å². The molecule has 0 saturated heterocycles. The van der Waals surface area contributed by atoms with Crippen LogP contribution in [-0.4, -0.2) is 5.78 Å². The summed E-state index contributed by atoms with van der Waals surface area (Å²) >= 11 is 14.9. The third-order valence-corrected chi connectivity index (χ3v) is 3.47. The van der Waals surface area contributed by atoms with Gasteiger partial charge in [-0.3, -0.25) is 4.79 Å². The van der Waals surface area contributed by atoms with Crippen LogP contribution in [0.3, 0.4) is 0 Å². The van der Waals surface area contributed by atoms with Crippen LogP contribution in [0.1, 0.15) is 15.9 Å². The van der Waals surface area contributed by atoms with Gasteiger partial charge in [-0.2, -0.15) is 0 Å². The lowest BCUT2D eigenvalue weighted by Crippen LogP contribution is -2.05. The van der Waals surface area contributed by atoms with E-state index < -0.39 is 5.82 Å². The van der Waals surface area contributed by atoms with Crippen LogP contribution in [0, 0.1) is 5.82 Å². The quantitative estimate of drug-likeness (QED) is 0.676. The summed E-state index contributed by atoms with van der Waals surface area (Å²) in [5, 5.41) is 0.760. The SMILES string of the molecule is O=C(Cc1cc(Br)ccc1F)c1cc(Cl)cc(Cl)c1. The number of Topliss-reactive ketones (excluding diaryl/α,β-unsaturated/α-hetero) is 1. The van der Waals surface area contributed by atoms with Gasteiger partial charge in [0.25, 0.3) is 0 Å². The van der Waals surface area contributed by atoms with Crippen molar-refractivity contribution in [3.8, 4) is 0 Å². The molecule has 1 nitrogen and oxygen atoms in total. The number of rotatable bonds is 3. The van der Waals surface area contributed by atoms with Gasteiger partial charge in [-0.15, -0.1) is 0 Å². The Morgan fingerprint density at radius 3 is 2.37 bits per heavy atom. The molecular formula is C14H8BrCl2FO. The Labute approximate surface area is 128 Å². The summed E-state index contributed by atoms with van der Waals surface area (Å²) in [6.07, 6.45) is -0.0397. The van der Waals surface area contributed by atoms with Crippen molar-refractivity contribution < 1.29 is 9.18 Å². The second kappa shape index (κ2) is 6.04. The molecule has 0 bridgehead atoms. The van der Waals surface area contributed by atoms with Crippen LogP contribution in [0.25, 0.3) is 0 Å². The standard InChI is InChI=1S/C14H8BrCl2FO/c15-10-1-2-13(18)8(3-10)6-14(19)9-4-11(16)7-12(17)5-9/h1-5,7H,6H2. The van der Waals surface area contributed by atoms with E-state index in [-0.39, 0.29) is 12.2 Å². The molecule has 19 heavy (non-hydrogen) atoms. The molecule has 0 amide bonds. The lowest BCUT2D eigenvalue weighted by Gasteiger charge is -2.05. The van der Waals surface area contributed by atoms with Gasteiger partial charge in [0.1, 0.15) is 5.82 Å². The van der Waals surface area contributed by atoms with Gasteiger partial charge in [-0.25, -0.2) is 4.39 Å². The van der Waals surface area contributed by atoms with Crippen molar-refractivity contribution in [2.75, 3.05) is 0 Å². The van der Waals surface area contributed by atoms with Gasteiger partial charge in [0.2, 0.25) is 0 Å². The Balaban J connectivity index is 2.28. The van der Waals surface area contributed by atoms with Gasteiger partial charge in [0, 0.05) is 26.5 Å². The molecule has 0 atom stereocenters. The monoisotopic (exact) mass is 360 g/mol. The molecule has 0 heterocycles. The minimum absolute atomic E-state index is 0.0397. The van der Waals surface area contributed by atoms with Crippen molar-refractivity contribution in [1.82, 2.24) is 0 Å². The summed E-state index contributed by atoms with van der Waals surface area (Å²) in [5.74, 6) is -0.647. The van der Waals surface area contributed by atoms with Crippen LogP contribution in [-0.2, 0) is 6.42 Å². The third-order valence-electron chi connectivity index (χ3n) is 2.54. The van der Waals surface area contributed by atoms with Crippen LogP contribution >= 0.6 is 39.1 Å². The Bertz CT molecular complexity index is 623. The number of hydrogen-bond donors (Lipinski definition) is 0. The summed E-state index contributed by atoms with van der Waals surface area (Å²) in [5.41, 5.74) is 0.701. The summed E-state index contributed by atoms with van der Waals surface area (Å²) in [6, 6.07) is 9.06. The highest BCUT2D eigenvalue weighted by atomic mass is 79.9. The maximum Gasteiger partial charge on any atom is 0.167 e. The molecule has 0 aliphatic heterocycles. The van der Waals surface area contributed by atoms with E-state index in [2.05, 4.69) is 15.9 Å². The maximum atomic E-state index is 13.6. The Hall–Kier alpha value is -0.900. The van der Waals surface area contributed by atoms with E-state index in [1.54, 1.807) is 18.2 Å². The summed E-state index contributed by atoms with van der Waals surface area (Å²) in [4.78, 5) is 12.1. The van der Waals surface area contributed by atoms with Crippen molar-refractivity contribution in [1.29, 1.82) is 0 Å². The Morgan fingerprint density at radius 2 is 1.74 bits per heavy atom. The number of halogens is 4. The van der Waals surface area contributed by atoms with E-state index >= 15 is 0 Å². The molecule has 0 N–H and O–H groups in total. The molecule has 0 fully saturated rings. The lowest BCUT2D eigenvalue weighted by molar-refractivity contribution is 0.0992. The van der Waals surface area contributed by atoms with Gasteiger partial charge in [-0.1, -0.05) is 39.1 Å². The highest BCUT2D eigenvalue weighted by Gasteiger charge is 2.12. The molecule has 0 aliphatic carbocycles. The summed E-state index contributed by atoms with van der Waals surface area (Å²) in [7, 11) is 0. The van der Waals surface area contributed by atoms with E-state index in [1.165, 1.54) is 18.2 Å². The van der Waals surface area contributed by atoms with Crippen LogP contribution in [0.2, 0.25) is 10.0 Å². The van der Waals surface area contributed by atoms with E-state index in [1.807, 2.05) is 0 Å². The first-order chi connectivity index (χ1) is 8.95. The van der Waals surface area contributed by atoms with E-state index in [4.69, 9.17) is 23.2 Å². The topological polar surface area (TPSA) is 17.1 Å². The first kappa shape index (κ1) is 14.5. The zero-order chi connectivity index (χ0) is 14.0. The molecule has 0 aromatic heterocycles. The number of carbonyl (C=O) groups excluding carboxylic acids is 1. The fraction of sp³-hybridized carbons (Fsp3) is 0.0714. The molecule has 98 valence electrons. The molecule has 0 saturated carbocycles. The van der Waals surface area contributed by atoms with Crippen LogP contribution in [0.4, 0.5) is 4.39 Å². The third kappa shape index (κ3) is 3.78. The Morgan fingerprint density at radius 1 is 1.11 bits per heavy atom. The normalized spacial score (nSPS) is 10.5. The molecule has 2 aromatic carbocycles. The average molecular weight is 362 g/mol. The van der Waals surface area contributed by atoms with Crippen molar-refractivity contribution in [3.05, 3.63) is 67.9 Å². The maximum absolute atomic E-state index is 13.6.